The molecule has 3 aromatic carbocycles. The van der Waals surface area contributed by atoms with Crippen molar-refractivity contribution in [1.29, 1.82) is 0 Å². The Kier molecular flexibility index (Phi) is 9.78. The van der Waals surface area contributed by atoms with Crippen LogP contribution in [0, 0.1) is 0 Å². The molecule has 5 aromatic rings. The molecule has 1 amide bonds. The van der Waals surface area contributed by atoms with Crippen LogP contribution >= 0.6 is 38.6 Å². The van der Waals surface area contributed by atoms with E-state index in [1.54, 1.807) is 31.2 Å². The number of nitrogens with zero attached hydrogens (tertiary/aromatic N) is 3. The van der Waals surface area contributed by atoms with Crippen LogP contribution < -0.4 is 9.21 Å². The number of ether oxygens (including phenoxy) is 1. The summed E-state index contributed by atoms with van der Waals surface area (Å²) in [6.45, 7) is 4.41. The summed E-state index contributed by atoms with van der Waals surface area (Å²) < 4.78 is 37.3. The number of hydrogen-bond donors (Lipinski definition) is 0. The Bertz CT molecular complexity index is 1970. The van der Waals surface area contributed by atoms with Gasteiger partial charge in [0.05, 0.1) is 22.9 Å². The Balaban J connectivity index is 1.32. The molecule has 0 N–H and O–H groups in total. The van der Waals surface area contributed by atoms with Gasteiger partial charge in [-0.05, 0) is 88.1 Å². The molecule has 0 bridgehead atoms. The van der Waals surface area contributed by atoms with E-state index < -0.39 is 16.0 Å². The van der Waals surface area contributed by atoms with Gasteiger partial charge in [-0.25, -0.2) is 13.2 Å². The molecule has 0 aliphatic carbocycles. The number of halogens is 1. The molecule has 1 aliphatic rings. The highest BCUT2D eigenvalue weighted by Crippen LogP contribution is 2.36. The maximum absolute atomic E-state index is 14.5. The lowest BCUT2D eigenvalue weighted by Gasteiger charge is -2.38. The summed E-state index contributed by atoms with van der Waals surface area (Å²) >= 11 is 6.17. The quantitative estimate of drug-likeness (QED) is 0.140. The minimum absolute atomic E-state index is 0.00295. The van der Waals surface area contributed by atoms with Crippen molar-refractivity contribution in [2.24, 2.45) is 0 Å². The smallest absolute Gasteiger partial charge is 0.348 e. The fourth-order valence-corrected chi connectivity index (χ4v) is 9.50. The number of piperazine rings is 1. The summed E-state index contributed by atoms with van der Waals surface area (Å²) in [5.41, 5.74) is 2.40. The van der Waals surface area contributed by atoms with Crippen molar-refractivity contribution in [3.8, 4) is 0 Å². The van der Waals surface area contributed by atoms with E-state index in [-0.39, 0.29) is 24.0 Å². The van der Waals surface area contributed by atoms with E-state index in [1.807, 2.05) is 70.9 Å². The zero-order chi connectivity index (χ0) is 32.3. The molecule has 1 aliphatic heterocycles. The molecule has 12 heteroatoms. The number of rotatable bonds is 10. The molecule has 46 heavy (non-hydrogen) atoms. The van der Waals surface area contributed by atoms with Gasteiger partial charge in [0.1, 0.15) is 9.75 Å². The fraction of sp³-hybridized carbons (Fsp3) is 0.235. The summed E-state index contributed by atoms with van der Waals surface area (Å²) in [5.74, 6) is -0.423. The van der Waals surface area contributed by atoms with Crippen molar-refractivity contribution in [1.82, 2.24) is 4.90 Å². The number of fused-ring (bicyclic) bond motifs is 1. The molecule has 1 saturated heterocycles. The second kappa shape index (κ2) is 14.0. The first-order chi connectivity index (χ1) is 22.3. The molecular formula is C34H32BrN3O5S3. The number of esters is 1. The molecule has 3 heterocycles. The van der Waals surface area contributed by atoms with E-state index in [2.05, 4.69) is 20.8 Å². The molecule has 8 nitrogen and oxygen atoms in total. The largest absolute Gasteiger partial charge is 0.462 e. The summed E-state index contributed by atoms with van der Waals surface area (Å²) in [6.07, 6.45) is 0.514. The Labute approximate surface area is 285 Å². The average Bonchev–Trinajstić information content (AvgIpc) is 3.71. The number of benzene rings is 3. The van der Waals surface area contributed by atoms with Crippen molar-refractivity contribution >= 4 is 82.0 Å². The van der Waals surface area contributed by atoms with Crippen molar-refractivity contribution < 1.29 is 22.7 Å². The molecule has 6 rings (SSSR count). The number of carbonyl (C=O) groups excluding carboxylic acids is 2. The van der Waals surface area contributed by atoms with Crippen molar-refractivity contribution in [2.45, 2.75) is 18.2 Å². The van der Waals surface area contributed by atoms with Crippen molar-refractivity contribution in [3.63, 3.8) is 0 Å². The molecule has 0 saturated carbocycles. The molecule has 0 unspecified atom stereocenters. The van der Waals surface area contributed by atoms with Crippen LogP contribution in [0.15, 0.2) is 99.7 Å². The van der Waals surface area contributed by atoms with Gasteiger partial charge in [0.15, 0.2) is 0 Å². The zero-order valence-corrected chi connectivity index (χ0v) is 29.1. The van der Waals surface area contributed by atoms with Crippen LogP contribution in [0.3, 0.4) is 0 Å². The van der Waals surface area contributed by atoms with Crippen LogP contribution in [-0.4, -0.2) is 64.5 Å². The van der Waals surface area contributed by atoms with Gasteiger partial charge in [-0.3, -0.25) is 9.10 Å². The number of hydrogen-bond acceptors (Lipinski definition) is 8. The highest BCUT2D eigenvalue weighted by Gasteiger charge is 2.31. The van der Waals surface area contributed by atoms with E-state index >= 15 is 0 Å². The standard InChI is InChI=1S/C34H32BrN3O5S3/c1-2-43-34(40)31-23-25-22-26(12-13-30(25)45-31)46(41,42)38(16-14-24-8-4-3-5-9-24)29-11-7-6-10-28(29)36-17-19-37(20-18-36)33(39)32-27(35)15-21-44-32/h3-13,15,21-23H,2,14,16-20H2,1H3. The third-order valence-electron chi connectivity index (χ3n) is 7.87. The van der Waals surface area contributed by atoms with E-state index in [1.165, 1.54) is 27.0 Å². The average molecular weight is 739 g/mol. The maximum atomic E-state index is 14.5. The van der Waals surface area contributed by atoms with Gasteiger partial charge in [0.2, 0.25) is 0 Å². The lowest BCUT2D eigenvalue weighted by Crippen LogP contribution is -2.49. The molecule has 1 fully saturated rings. The molecule has 238 valence electrons. The highest BCUT2D eigenvalue weighted by molar-refractivity contribution is 9.10. The fourth-order valence-electron chi connectivity index (χ4n) is 5.54. The molecule has 0 spiro atoms. The number of carbonyl (C=O) groups is 2. The van der Waals surface area contributed by atoms with Gasteiger partial charge < -0.3 is 14.5 Å². The Morgan fingerprint density at radius 2 is 1.67 bits per heavy atom. The minimum atomic E-state index is -4.03. The number of anilines is 2. The van der Waals surface area contributed by atoms with Gasteiger partial charge in [0.25, 0.3) is 15.9 Å². The number of thiophene rings is 2. The van der Waals surface area contributed by atoms with E-state index in [9.17, 15) is 18.0 Å². The number of para-hydroxylation sites is 2. The van der Waals surface area contributed by atoms with Gasteiger partial charge in [-0.2, -0.15) is 0 Å². The third-order valence-corrected chi connectivity index (χ3v) is 12.6. The highest BCUT2D eigenvalue weighted by atomic mass is 79.9. The lowest BCUT2D eigenvalue weighted by molar-refractivity contribution is 0.0532. The molecule has 2 aromatic heterocycles. The second-order valence-corrected chi connectivity index (χ2v) is 15.4. The van der Waals surface area contributed by atoms with Gasteiger partial charge in [-0.15, -0.1) is 22.7 Å². The zero-order valence-electron chi connectivity index (χ0n) is 25.1. The van der Waals surface area contributed by atoms with E-state index in [0.717, 1.165) is 20.4 Å². The van der Waals surface area contributed by atoms with Crippen LogP contribution in [0.25, 0.3) is 10.1 Å². The van der Waals surface area contributed by atoms with Crippen LogP contribution in [0.1, 0.15) is 31.8 Å². The monoisotopic (exact) mass is 737 g/mol. The minimum Gasteiger partial charge on any atom is -0.462 e. The Morgan fingerprint density at radius 3 is 2.39 bits per heavy atom. The van der Waals surface area contributed by atoms with Crippen LogP contribution in [0.5, 0.6) is 0 Å². The summed E-state index contributed by atoms with van der Waals surface area (Å²) in [7, 11) is -4.03. The van der Waals surface area contributed by atoms with E-state index in [0.29, 0.717) is 53.4 Å². The third kappa shape index (κ3) is 6.71. The summed E-state index contributed by atoms with van der Waals surface area (Å²) in [5, 5.41) is 2.56. The predicted octanol–water partition coefficient (Wildman–Crippen LogP) is 7.30. The van der Waals surface area contributed by atoms with Crippen LogP contribution in [0.2, 0.25) is 0 Å². The maximum Gasteiger partial charge on any atom is 0.348 e. The first-order valence-electron chi connectivity index (χ1n) is 14.9. The predicted molar refractivity (Wildman–Crippen MR) is 189 cm³/mol. The first-order valence-corrected chi connectivity index (χ1v) is 18.8. The van der Waals surface area contributed by atoms with Crippen molar-refractivity contribution in [3.05, 3.63) is 110 Å². The summed E-state index contributed by atoms with van der Waals surface area (Å²) in [6, 6.07) is 25.9. The summed E-state index contributed by atoms with van der Waals surface area (Å²) in [4.78, 5) is 30.8. The topological polar surface area (TPSA) is 87.2 Å². The number of sulfonamides is 1. The molecule has 0 atom stereocenters. The van der Waals surface area contributed by atoms with Gasteiger partial charge in [0, 0.05) is 41.9 Å². The Hall–Kier alpha value is -3.71. The lowest BCUT2D eigenvalue weighted by atomic mass is 10.1. The van der Waals surface area contributed by atoms with Gasteiger partial charge in [-0.1, -0.05) is 42.5 Å². The molecular weight excluding hydrogens is 706 g/mol. The molecule has 0 radical (unpaired) electrons. The van der Waals surface area contributed by atoms with Crippen molar-refractivity contribution in [2.75, 3.05) is 48.5 Å². The second-order valence-electron chi connectivity index (χ2n) is 10.7. The van der Waals surface area contributed by atoms with Crippen LogP contribution in [0.4, 0.5) is 11.4 Å². The normalized spacial score (nSPS) is 13.6. The van der Waals surface area contributed by atoms with Crippen LogP contribution in [-0.2, 0) is 21.2 Å². The first kappa shape index (κ1) is 32.2. The van der Waals surface area contributed by atoms with E-state index in [4.69, 9.17) is 4.74 Å². The van der Waals surface area contributed by atoms with Gasteiger partial charge >= 0.3 is 5.97 Å². The SMILES string of the molecule is CCOC(=O)c1cc2cc(S(=O)(=O)N(CCc3ccccc3)c3ccccc3N3CCN(C(=O)c4sccc4Br)CC3)ccc2s1. The number of amides is 1. The Morgan fingerprint density at radius 1 is 0.935 bits per heavy atom.